The second kappa shape index (κ2) is 7.10. The number of methoxy groups -OCH3 is 2. The molecule has 1 fully saturated rings. The van der Waals surface area contributed by atoms with Crippen LogP contribution in [0, 0.1) is 5.92 Å². The lowest BCUT2D eigenvalue weighted by atomic mass is 9.84. The molecule has 0 aromatic heterocycles. The van der Waals surface area contributed by atoms with E-state index in [1.807, 2.05) is 0 Å². The van der Waals surface area contributed by atoms with Crippen molar-refractivity contribution < 1.29 is 27.4 Å². The van der Waals surface area contributed by atoms with Crippen LogP contribution in [0.1, 0.15) is 36.0 Å². The molecule has 0 saturated heterocycles. The Bertz CT molecular complexity index is 560. The Balaban J connectivity index is 2.20. The number of amides is 1. The fraction of sp³-hybridized carbons (Fsp3) is 0.562. The molecule has 128 valence electrons. The highest BCUT2D eigenvalue weighted by Gasteiger charge is 2.46. The van der Waals surface area contributed by atoms with Gasteiger partial charge in [-0.2, -0.15) is 13.2 Å². The average Bonchev–Trinajstić information content (AvgIpc) is 2.53. The molecule has 2 atom stereocenters. The highest BCUT2D eigenvalue weighted by atomic mass is 19.4. The van der Waals surface area contributed by atoms with Crippen LogP contribution in [-0.4, -0.2) is 32.3 Å². The van der Waals surface area contributed by atoms with Crippen molar-refractivity contribution in [1.29, 1.82) is 0 Å². The molecule has 0 radical (unpaired) electrons. The molecule has 1 aromatic rings. The third kappa shape index (κ3) is 4.09. The van der Waals surface area contributed by atoms with Gasteiger partial charge in [0.2, 0.25) is 0 Å². The summed E-state index contributed by atoms with van der Waals surface area (Å²) in [6, 6.07) is 3.72. The summed E-state index contributed by atoms with van der Waals surface area (Å²) in [7, 11) is 2.85. The number of carbonyl (C=O) groups is 1. The molecule has 1 aliphatic rings. The Morgan fingerprint density at radius 3 is 2.48 bits per heavy atom. The lowest BCUT2D eigenvalue weighted by molar-refractivity contribution is -0.187. The van der Waals surface area contributed by atoms with Gasteiger partial charge < -0.3 is 14.8 Å². The number of halogens is 3. The summed E-state index contributed by atoms with van der Waals surface area (Å²) in [4.78, 5) is 12.4. The first kappa shape index (κ1) is 17.4. The lowest BCUT2D eigenvalue weighted by Gasteiger charge is -2.33. The lowest BCUT2D eigenvalue weighted by Crippen LogP contribution is -2.47. The van der Waals surface area contributed by atoms with Gasteiger partial charge in [0.1, 0.15) is 11.5 Å². The van der Waals surface area contributed by atoms with Gasteiger partial charge in [-0.25, -0.2) is 0 Å². The zero-order valence-electron chi connectivity index (χ0n) is 13.1. The second-order valence-corrected chi connectivity index (χ2v) is 5.58. The predicted octanol–water partition coefficient (Wildman–Crippen LogP) is 3.55. The quantitative estimate of drug-likeness (QED) is 0.918. The monoisotopic (exact) mass is 331 g/mol. The minimum absolute atomic E-state index is 0.0453. The van der Waals surface area contributed by atoms with Crippen molar-refractivity contribution in [1.82, 2.24) is 5.32 Å². The first-order chi connectivity index (χ1) is 10.9. The maximum absolute atomic E-state index is 13.1. The van der Waals surface area contributed by atoms with Crippen LogP contribution in [0.5, 0.6) is 11.5 Å². The Kier molecular flexibility index (Phi) is 5.38. The van der Waals surface area contributed by atoms with E-state index in [2.05, 4.69) is 5.32 Å². The number of rotatable bonds is 4. The van der Waals surface area contributed by atoms with Crippen molar-refractivity contribution in [3.05, 3.63) is 23.8 Å². The Morgan fingerprint density at radius 1 is 1.17 bits per heavy atom. The number of nitrogens with one attached hydrogen (secondary N) is 1. The molecule has 2 rings (SSSR count). The van der Waals surface area contributed by atoms with Crippen molar-refractivity contribution >= 4 is 5.91 Å². The minimum Gasteiger partial charge on any atom is -0.497 e. The van der Waals surface area contributed by atoms with Crippen LogP contribution < -0.4 is 14.8 Å². The topological polar surface area (TPSA) is 47.6 Å². The molecule has 1 aliphatic carbocycles. The maximum Gasteiger partial charge on any atom is 0.393 e. The summed E-state index contributed by atoms with van der Waals surface area (Å²) in [5.74, 6) is -1.35. The van der Waals surface area contributed by atoms with Gasteiger partial charge >= 0.3 is 6.18 Å². The zero-order chi connectivity index (χ0) is 17.0. The second-order valence-electron chi connectivity index (χ2n) is 5.58. The van der Waals surface area contributed by atoms with E-state index < -0.39 is 24.0 Å². The summed E-state index contributed by atoms with van der Waals surface area (Å²) in [6.07, 6.45) is -2.74. The van der Waals surface area contributed by atoms with Crippen LogP contribution in [0.2, 0.25) is 0 Å². The first-order valence-corrected chi connectivity index (χ1v) is 7.46. The van der Waals surface area contributed by atoms with Crippen LogP contribution in [0.25, 0.3) is 0 Å². The molecule has 1 saturated carbocycles. The highest BCUT2D eigenvalue weighted by molar-refractivity contribution is 5.97. The van der Waals surface area contributed by atoms with Gasteiger partial charge in [0.05, 0.1) is 25.7 Å². The summed E-state index contributed by atoms with van der Waals surface area (Å²) < 4.78 is 49.5. The summed E-state index contributed by atoms with van der Waals surface area (Å²) in [6.45, 7) is 0. The van der Waals surface area contributed by atoms with E-state index in [4.69, 9.17) is 9.47 Å². The third-order valence-corrected chi connectivity index (χ3v) is 4.15. The number of carbonyl (C=O) groups excluding carboxylic acids is 1. The van der Waals surface area contributed by atoms with Gasteiger partial charge in [0, 0.05) is 6.04 Å². The normalized spacial score (nSPS) is 21.6. The Hall–Kier alpha value is -1.92. The molecule has 1 aromatic carbocycles. The van der Waals surface area contributed by atoms with Crippen molar-refractivity contribution in [2.45, 2.75) is 37.9 Å². The molecular weight excluding hydrogens is 311 g/mol. The van der Waals surface area contributed by atoms with Crippen molar-refractivity contribution in [2.75, 3.05) is 14.2 Å². The van der Waals surface area contributed by atoms with E-state index in [0.29, 0.717) is 30.8 Å². The third-order valence-electron chi connectivity index (χ3n) is 4.15. The summed E-state index contributed by atoms with van der Waals surface area (Å²) in [5, 5.41) is 2.52. The van der Waals surface area contributed by atoms with Crippen LogP contribution in [0.3, 0.4) is 0 Å². The molecule has 2 unspecified atom stereocenters. The van der Waals surface area contributed by atoms with Crippen molar-refractivity contribution in [2.24, 2.45) is 5.92 Å². The largest absolute Gasteiger partial charge is 0.497 e. The van der Waals surface area contributed by atoms with E-state index in [9.17, 15) is 18.0 Å². The first-order valence-electron chi connectivity index (χ1n) is 7.46. The average molecular weight is 331 g/mol. The van der Waals surface area contributed by atoms with Gasteiger partial charge in [-0.3, -0.25) is 4.79 Å². The van der Waals surface area contributed by atoms with Crippen molar-refractivity contribution in [3.63, 3.8) is 0 Å². The predicted molar refractivity (Wildman–Crippen MR) is 78.8 cm³/mol. The van der Waals surface area contributed by atoms with Crippen molar-refractivity contribution in [3.8, 4) is 11.5 Å². The Labute approximate surface area is 133 Å². The fourth-order valence-electron chi connectivity index (χ4n) is 2.93. The number of benzene rings is 1. The molecule has 23 heavy (non-hydrogen) atoms. The molecule has 0 spiro atoms. The molecule has 1 N–H and O–H groups in total. The minimum atomic E-state index is -4.31. The van der Waals surface area contributed by atoms with E-state index in [1.54, 1.807) is 12.1 Å². The van der Waals surface area contributed by atoms with E-state index in [-0.39, 0.29) is 12.0 Å². The van der Waals surface area contributed by atoms with Gasteiger partial charge in [0.15, 0.2) is 0 Å². The molecule has 7 heteroatoms. The number of ether oxygens (including phenoxy) is 2. The van der Waals surface area contributed by atoms with Gasteiger partial charge in [-0.15, -0.1) is 0 Å². The molecular formula is C16H20F3NO3. The maximum atomic E-state index is 13.1. The van der Waals surface area contributed by atoms with Gasteiger partial charge in [-0.1, -0.05) is 12.8 Å². The van der Waals surface area contributed by atoms with Gasteiger partial charge in [0.25, 0.3) is 5.91 Å². The SMILES string of the molecule is COc1ccc(OC)c(C(=O)NC2CCCCC2C(F)(F)F)c1. The summed E-state index contributed by atoms with van der Waals surface area (Å²) >= 11 is 0. The molecule has 0 aliphatic heterocycles. The molecule has 0 bridgehead atoms. The van der Waals surface area contributed by atoms with E-state index in [1.165, 1.54) is 20.3 Å². The van der Waals surface area contributed by atoms with Gasteiger partial charge in [-0.05, 0) is 31.0 Å². The smallest absolute Gasteiger partial charge is 0.393 e. The van der Waals surface area contributed by atoms with Crippen LogP contribution in [0.4, 0.5) is 13.2 Å². The van der Waals surface area contributed by atoms with Crippen LogP contribution in [-0.2, 0) is 0 Å². The molecule has 4 nitrogen and oxygen atoms in total. The number of hydrogen-bond acceptors (Lipinski definition) is 3. The van der Waals surface area contributed by atoms with Crippen LogP contribution in [0.15, 0.2) is 18.2 Å². The van der Waals surface area contributed by atoms with E-state index in [0.717, 1.165) is 0 Å². The fourth-order valence-corrected chi connectivity index (χ4v) is 2.93. The zero-order valence-corrected chi connectivity index (χ0v) is 13.1. The van der Waals surface area contributed by atoms with E-state index >= 15 is 0 Å². The highest BCUT2D eigenvalue weighted by Crippen LogP contribution is 2.38. The summed E-state index contributed by atoms with van der Waals surface area (Å²) in [5.41, 5.74) is 0.165. The Morgan fingerprint density at radius 2 is 1.87 bits per heavy atom. The number of alkyl halides is 3. The molecule has 1 amide bonds. The van der Waals surface area contributed by atoms with Crippen LogP contribution >= 0.6 is 0 Å². The number of hydrogen-bond donors (Lipinski definition) is 1. The standard InChI is InChI=1S/C16H20F3NO3/c1-22-10-7-8-14(23-2)11(9-10)15(21)20-13-6-4-3-5-12(13)16(17,18)19/h7-9,12-13H,3-6H2,1-2H3,(H,20,21). The molecule has 0 heterocycles.